The van der Waals surface area contributed by atoms with Gasteiger partial charge in [-0.05, 0) is 25.0 Å². The van der Waals surface area contributed by atoms with E-state index in [2.05, 4.69) is 30.8 Å². The van der Waals surface area contributed by atoms with E-state index in [4.69, 9.17) is 4.74 Å². The van der Waals surface area contributed by atoms with Crippen LogP contribution in [0.2, 0.25) is 0 Å². The SMILES string of the molecule is C=CCC1=C(P(c2ccccc2)c2ccccc2)COC1=O. The van der Waals surface area contributed by atoms with E-state index in [1.165, 1.54) is 10.6 Å². The molecule has 0 atom stereocenters. The number of carbonyl (C=O) groups is 1. The second-order valence-corrected chi connectivity index (χ2v) is 7.24. The highest BCUT2D eigenvalue weighted by Crippen LogP contribution is 2.47. The summed E-state index contributed by atoms with van der Waals surface area (Å²) < 4.78 is 5.31. The predicted molar refractivity (Wildman–Crippen MR) is 91.9 cm³/mol. The maximum atomic E-state index is 12.0. The highest BCUT2D eigenvalue weighted by molar-refractivity contribution is 7.76. The molecule has 0 bridgehead atoms. The Bertz CT molecular complexity index is 665. The smallest absolute Gasteiger partial charge is 0.335 e. The molecule has 3 heteroatoms. The number of rotatable bonds is 5. The number of esters is 1. The molecule has 2 aromatic carbocycles. The van der Waals surface area contributed by atoms with Crippen LogP contribution in [0.1, 0.15) is 6.42 Å². The van der Waals surface area contributed by atoms with Crippen LogP contribution < -0.4 is 10.6 Å². The maximum Gasteiger partial charge on any atom is 0.335 e. The topological polar surface area (TPSA) is 26.3 Å². The Labute approximate surface area is 131 Å². The highest BCUT2D eigenvalue weighted by atomic mass is 31.1. The first kappa shape index (κ1) is 14.7. The molecule has 0 fully saturated rings. The van der Waals surface area contributed by atoms with Crippen LogP contribution >= 0.6 is 7.92 Å². The van der Waals surface area contributed by atoms with Crippen LogP contribution in [0, 0.1) is 0 Å². The lowest BCUT2D eigenvalue weighted by Gasteiger charge is -2.20. The summed E-state index contributed by atoms with van der Waals surface area (Å²) in [7, 11) is -0.743. The minimum absolute atomic E-state index is 0.200. The quantitative estimate of drug-likeness (QED) is 0.480. The first-order chi connectivity index (χ1) is 10.8. The van der Waals surface area contributed by atoms with Gasteiger partial charge in [0.1, 0.15) is 6.61 Å². The van der Waals surface area contributed by atoms with Crippen molar-refractivity contribution in [1.29, 1.82) is 0 Å². The van der Waals surface area contributed by atoms with E-state index < -0.39 is 7.92 Å². The monoisotopic (exact) mass is 308 g/mol. The molecule has 0 amide bonds. The molecule has 110 valence electrons. The molecule has 1 aliphatic heterocycles. The van der Waals surface area contributed by atoms with E-state index in [9.17, 15) is 4.79 Å². The van der Waals surface area contributed by atoms with Crippen LogP contribution in [-0.4, -0.2) is 12.6 Å². The number of cyclic esters (lactones) is 1. The molecule has 0 aromatic heterocycles. The Morgan fingerprint density at radius 1 is 1.00 bits per heavy atom. The van der Waals surface area contributed by atoms with Gasteiger partial charge < -0.3 is 4.74 Å². The molecule has 0 radical (unpaired) electrons. The molecule has 1 heterocycles. The zero-order chi connectivity index (χ0) is 15.4. The van der Waals surface area contributed by atoms with Gasteiger partial charge in [0, 0.05) is 10.9 Å². The van der Waals surface area contributed by atoms with E-state index >= 15 is 0 Å². The second kappa shape index (κ2) is 6.72. The summed E-state index contributed by atoms with van der Waals surface area (Å²) in [6.45, 7) is 4.15. The zero-order valence-electron chi connectivity index (χ0n) is 12.2. The van der Waals surface area contributed by atoms with Crippen molar-refractivity contribution in [3.8, 4) is 0 Å². The van der Waals surface area contributed by atoms with Crippen molar-refractivity contribution >= 4 is 24.5 Å². The summed E-state index contributed by atoms with van der Waals surface area (Å²) in [4.78, 5) is 12.0. The lowest BCUT2D eigenvalue weighted by molar-refractivity contribution is -0.136. The Balaban J connectivity index is 2.14. The van der Waals surface area contributed by atoms with Gasteiger partial charge in [0.2, 0.25) is 0 Å². The molecular formula is C19H17O2P. The fraction of sp³-hybridized carbons (Fsp3) is 0.105. The summed E-state index contributed by atoms with van der Waals surface area (Å²) in [6.07, 6.45) is 2.33. The lowest BCUT2D eigenvalue weighted by Crippen LogP contribution is -2.14. The lowest BCUT2D eigenvalue weighted by atomic mass is 10.2. The number of ether oxygens (including phenoxy) is 1. The van der Waals surface area contributed by atoms with Crippen LogP contribution in [0.25, 0.3) is 0 Å². The average molecular weight is 308 g/mol. The summed E-state index contributed by atoms with van der Waals surface area (Å²) >= 11 is 0. The van der Waals surface area contributed by atoms with E-state index in [0.717, 1.165) is 10.9 Å². The van der Waals surface area contributed by atoms with E-state index in [1.807, 2.05) is 36.4 Å². The number of allylic oxidation sites excluding steroid dienone is 1. The first-order valence-corrected chi connectivity index (χ1v) is 8.55. The number of hydrogen-bond donors (Lipinski definition) is 0. The van der Waals surface area contributed by atoms with Crippen LogP contribution in [0.4, 0.5) is 0 Å². The first-order valence-electron chi connectivity index (χ1n) is 7.21. The van der Waals surface area contributed by atoms with Gasteiger partial charge >= 0.3 is 5.97 Å². The number of carbonyl (C=O) groups excluding carboxylic acids is 1. The molecule has 2 nitrogen and oxygen atoms in total. The van der Waals surface area contributed by atoms with Gasteiger partial charge in [-0.15, -0.1) is 6.58 Å². The third kappa shape index (κ3) is 2.88. The molecule has 3 rings (SSSR count). The minimum Gasteiger partial charge on any atom is -0.457 e. The van der Waals surface area contributed by atoms with Gasteiger partial charge in [0.05, 0.1) is 0 Å². The molecule has 2 aromatic rings. The fourth-order valence-corrected chi connectivity index (χ4v) is 5.09. The summed E-state index contributed by atoms with van der Waals surface area (Å²) in [5.74, 6) is -0.200. The van der Waals surface area contributed by atoms with Crippen molar-refractivity contribution in [1.82, 2.24) is 0 Å². The average Bonchev–Trinajstić information content (AvgIpc) is 2.92. The predicted octanol–water partition coefficient (Wildman–Crippen LogP) is 3.51. The summed E-state index contributed by atoms with van der Waals surface area (Å²) in [5, 5.41) is 3.58. The minimum atomic E-state index is -0.743. The summed E-state index contributed by atoms with van der Waals surface area (Å²) in [5.41, 5.74) is 0.772. The molecule has 0 unspecified atom stereocenters. The van der Waals surface area contributed by atoms with Gasteiger partial charge in [-0.3, -0.25) is 0 Å². The zero-order valence-corrected chi connectivity index (χ0v) is 13.1. The van der Waals surface area contributed by atoms with Crippen molar-refractivity contribution < 1.29 is 9.53 Å². The van der Waals surface area contributed by atoms with E-state index in [0.29, 0.717) is 13.0 Å². The molecule has 1 aliphatic rings. The largest absolute Gasteiger partial charge is 0.457 e. The van der Waals surface area contributed by atoms with Crippen LogP contribution in [0.5, 0.6) is 0 Å². The van der Waals surface area contributed by atoms with Crippen molar-refractivity contribution in [3.63, 3.8) is 0 Å². The fourth-order valence-electron chi connectivity index (χ4n) is 2.59. The Hall–Kier alpha value is -2.18. The Morgan fingerprint density at radius 3 is 2.05 bits per heavy atom. The van der Waals surface area contributed by atoms with Crippen molar-refractivity contribution in [2.45, 2.75) is 6.42 Å². The molecule has 0 N–H and O–H groups in total. The van der Waals surface area contributed by atoms with Gasteiger partial charge in [0.25, 0.3) is 0 Å². The van der Waals surface area contributed by atoms with Crippen LogP contribution in [0.3, 0.4) is 0 Å². The van der Waals surface area contributed by atoms with E-state index in [-0.39, 0.29) is 5.97 Å². The molecule has 0 saturated heterocycles. The number of hydrogen-bond acceptors (Lipinski definition) is 2. The normalized spacial score (nSPS) is 14.3. The van der Waals surface area contributed by atoms with Crippen LogP contribution in [0.15, 0.2) is 84.2 Å². The third-order valence-corrected chi connectivity index (χ3v) is 6.15. The van der Waals surface area contributed by atoms with Gasteiger partial charge in [-0.2, -0.15) is 0 Å². The molecule has 0 spiro atoms. The standard InChI is InChI=1S/C19H17O2P/c1-2-9-17-18(14-21-19(17)20)22(15-10-5-3-6-11-15)16-12-7-4-8-13-16/h2-8,10-13H,1,9,14H2. The van der Waals surface area contributed by atoms with Crippen molar-refractivity contribution in [3.05, 3.63) is 84.2 Å². The summed E-state index contributed by atoms with van der Waals surface area (Å²) in [6, 6.07) is 20.7. The van der Waals surface area contributed by atoms with Crippen LogP contribution in [-0.2, 0) is 9.53 Å². The Kier molecular flexibility index (Phi) is 4.50. The molecule has 0 saturated carbocycles. The molecule has 22 heavy (non-hydrogen) atoms. The van der Waals surface area contributed by atoms with Gasteiger partial charge in [0.15, 0.2) is 0 Å². The third-order valence-electron chi connectivity index (χ3n) is 3.58. The Morgan fingerprint density at radius 2 is 1.55 bits per heavy atom. The maximum absolute atomic E-state index is 12.0. The number of benzene rings is 2. The van der Waals surface area contributed by atoms with E-state index in [1.54, 1.807) is 6.08 Å². The van der Waals surface area contributed by atoms with Crippen molar-refractivity contribution in [2.24, 2.45) is 0 Å². The second-order valence-electron chi connectivity index (χ2n) is 5.00. The highest BCUT2D eigenvalue weighted by Gasteiger charge is 2.30. The van der Waals surface area contributed by atoms with Gasteiger partial charge in [-0.25, -0.2) is 4.79 Å². The molecule has 0 aliphatic carbocycles. The van der Waals surface area contributed by atoms with Gasteiger partial charge in [-0.1, -0.05) is 66.7 Å². The van der Waals surface area contributed by atoms with Crippen molar-refractivity contribution in [2.75, 3.05) is 6.61 Å². The molecular weight excluding hydrogens is 291 g/mol.